The Morgan fingerprint density at radius 2 is 2.33 bits per heavy atom. The number of fused-ring (bicyclic) bond motifs is 1. The Kier molecular flexibility index (Phi) is 3.92. The number of ether oxygens (including phenoxy) is 1. The highest BCUT2D eigenvalue weighted by Crippen LogP contribution is 2.28. The van der Waals surface area contributed by atoms with Crippen LogP contribution in [-0.2, 0) is 27.2 Å². The zero-order valence-corrected chi connectivity index (χ0v) is 12.2. The molecule has 21 heavy (non-hydrogen) atoms. The van der Waals surface area contributed by atoms with E-state index in [1.54, 1.807) is 11.9 Å². The number of anilines is 1. The van der Waals surface area contributed by atoms with Gasteiger partial charge in [-0.15, -0.1) is 0 Å². The molecule has 2 amide bonds. The lowest BCUT2D eigenvalue weighted by Gasteiger charge is -2.12. The molecule has 3 rings (SSSR count). The first-order chi connectivity index (χ1) is 10.1. The maximum absolute atomic E-state index is 12.0. The van der Waals surface area contributed by atoms with E-state index in [0.29, 0.717) is 19.4 Å². The van der Waals surface area contributed by atoms with Crippen molar-refractivity contribution in [1.82, 2.24) is 5.32 Å². The van der Waals surface area contributed by atoms with Crippen LogP contribution in [0.4, 0.5) is 5.69 Å². The number of nitrogens with one attached hydrogen (secondary N) is 1. The van der Waals surface area contributed by atoms with Gasteiger partial charge in [-0.05, 0) is 30.0 Å². The smallest absolute Gasteiger partial charge is 0.231 e. The molecule has 0 aromatic heterocycles. The predicted molar refractivity (Wildman–Crippen MR) is 79.2 cm³/mol. The Morgan fingerprint density at radius 1 is 1.48 bits per heavy atom. The summed E-state index contributed by atoms with van der Waals surface area (Å²) in [5.74, 6) is 0.105. The van der Waals surface area contributed by atoms with Crippen LogP contribution in [0, 0.1) is 0 Å². The molecule has 1 N–H and O–H groups in total. The van der Waals surface area contributed by atoms with Gasteiger partial charge in [-0.1, -0.05) is 12.1 Å². The molecule has 1 atom stereocenters. The van der Waals surface area contributed by atoms with E-state index in [1.165, 1.54) is 0 Å². The molecule has 1 aromatic carbocycles. The summed E-state index contributed by atoms with van der Waals surface area (Å²) in [7, 11) is 1.78. The first-order valence-electron chi connectivity index (χ1n) is 7.40. The van der Waals surface area contributed by atoms with Crippen LogP contribution < -0.4 is 10.2 Å². The lowest BCUT2D eigenvalue weighted by atomic mass is 10.1. The Labute approximate surface area is 124 Å². The molecule has 2 aliphatic heterocycles. The van der Waals surface area contributed by atoms with Crippen LogP contribution in [0.2, 0.25) is 0 Å². The van der Waals surface area contributed by atoms with Gasteiger partial charge in [-0.25, -0.2) is 0 Å². The molecule has 0 aliphatic carbocycles. The SMILES string of the molecule is CN1C(=O)Cc2cc(CC(=O)NCC3CCCO3)ccc21. The summed E-state index contributed by atoms with van der Waals surface area (Å²) in [6.07, 6.45) is 3.04. The van der Waals surface area contributed by atoms with Crippen LogP contribution in [0.15, 0.2) is 18.2 Å². The zero-order chi connectivity index (χ0) is 14.8. The van der Waals surface area contributed by atoms with Gasteiger partial charge >= 0.3 is 0 Å². The highest BCUT2D eigenvalue weighted by atomic mass is 16.5. The van der Waals surface area contributed by atoms with Gasteiger partial charge in [0.25, 0.3) is 0 Å². The number of hydrogen-bond acceptors (Lipinski definition) is 3. The number of benzene rings is 1. The van der Waals surface area contributed by atoms with Crippen molar-refractivity contribution < 1.29 is 14.3 Å². The summed E-state index contributed by atoms with van der Waals surface area (Å²) in [5, 5.41) is 2.92. The summed E-state index contributed by atoms with van der Waals surface area (Å²) < 4.78 is 5.48. The minimum absolute atomic E-state index is 0.00290. The summed E-state index contributed by atoms with van der Waals surface area (Å²) in [5.41, 5.74) is 2.90. The number of nitrogens with zero attached hydrogens (tertiary/aromatic N) is 1. The number of hydrogen-bond donors (Lipinski definition) is 1. The lowest BCUT2D eigenvalue weighted by molar-refractivity contribution is -0.121. The van der Waals surface area contributed by atoms with Crippen LogP contribution in [0.25, 0.3) is 0 Å². The first kappa shape index (κ1) is 14.1. The molecular formula is C16H20N2O3. The lowest BCUT2D eigenvalue weighted by Crippen LogP contribution is -2.32. The maximum Gasteiger partial charge on any atom is 0.231 e. The van der Waals surface area contributed by atoms with E-state index < -0.39 is 0 Å². The molecule has 0 bridgehead atoms. The monoisotopic (exact) mass is 288 g/mol. The van der Waals surface area contributed by atoms with Crippen molar-refractivity contribution in [2.24, 2.45) is 0 Å². The van der Waals surface area contributed by atoms with E-state index >= 15 is 0 Å². The maximum atomic E-state index is 12.0. The van der Waals surface area contributed by atoms with Crippen molar-refractivity contribution >= 4 is 17.5 Å². The average molecular weight is 288 g/mol. The number of carbonyl (C=O) groups excluding carboxylic acids is 2. The topological polar surface area (TPSA) is 58.6 Å². The Bertz CT molecular complexity index is 565. The quantitative estimate of drug-likeness (QED) is 0.900. The molecular weight excluding hydrogens is 268 g/mol. The van der Waals surface area contributed by atoms with Crippen molar-refractivity contribution in [2.75, 3.05) is 25.1 Å². The summed E-state index contributed by atoms with van der Waals surface area (Å²) in [6, 6.07) is 5.80. The van der Waals surface area contributed by atoms with E-state index in [2.05, 4.69) is 5.32 Å². The highest BCUT2D eigenvalue weighted by Gasteiger charge is 2.24. The normalized spacial score (nSPS) is 20.7. The third-order valence-electron chi connectivity index (χ3n) is 4.14. The van der Waals surface area contributed by atoms with E-state index in [0.717, 1.165) is 36.3 Å². The van der Waals surface area contributed by atoms with Crippen LogP contribution >= 0.6 is 0 Å². The van der Waals surface area contributed by atoms with Crippen molar-refractivity contribution in [3.8, 4) is 0 Å². The molecule has 0 spiro atoms. The minimum atomic E-state index is 0.00290. The molecule has 0 saturated carbocycles. The number of amides is 2. The first-order valence-corrected chi connectivity index (χ1v) is 7.40. The molecule has 2 heterocycles. The molecule has 1 aromatic rings. The van der Waals surface area contributed by atoms with Crippen molar-refractivity contribution in [1.29, 1.82) is 0 Å². The molecule has 1 unspecified atom stereocenters. The molecule has 112 valence electrons. The Hall–Kier alpha value is -1.88. The largest absolute Gasteiger partial charge is 0.376 e. The number of rotatable bonds is 4. The van der Waals surface area contributed by atoms with Gasteiger partial charge in [-0.2, -0.15) is 0 Å². The van der Waals surface area contributed by atoms with E-state index in [-0.39, 0.29) is 17.9 Å². The zero-order valence-electron chi connectivity index (χ0n) is 12.2. The number of carbonyl (C=O) groups is 2. The van der Waals surface area contributed by atoms with Gasteiger partial charge in [0.15, 0.2) is 0 Å². The fourth-order valence-electron chi connectivity index (χ4n) is 2.91. The number of likely N-dealkylation sites (N-methyl/N-ethyl adjacent to an activating group) is 1. The van der Waals surface area contributed by atoms with Gasteiger partial charge in [0.1, 0.15) is 0 Å². The summed E-state index contributed by atoms with van der Waals surface area (Å²) >= 11 is 0. The Balaban J connectivity index is 1.57. The fraction of sp³-hybridized carbons (Fsp3) is 0.500. The molecule has 2 aliphatic rings. The second kappa shape index (κ2) is 5.85. The molecule has 5 heteroatoms. The van der Waals surface area contributed by atoms with Crippen LogP contribution in [-0.4, -0.2) is 38.1 Å². The van der Waals surface area contributed by atoms with E-state index in [9.17, 15) is 9.59 Å². The minimum Gasteiger partial charge on any atom is -0.376 e. The molecule has 0 radical (unpaired) electrons. The van der Waals surface area contributed by atoms with E-state index in [1.807, 2.05) is 18.2 Å². The van der Waals surface area contributed by atoms with Gasteiger partial charge < -0.3 is 15.0 Å². The van der Waals surface area contributed by atoms with Crippen LogP contribution in [0.1, 0.15) is 24.0 Å². The van der Waals surface area contributed by atoms with Gasteiger partial charge in [-0.3, -0.25) is 9.59 Å². The molecule has 1 saturated heterocycles. The average Bonchev–Trinajstić information content (AvgIpc) is 3.06. The predicted octanol–water partition coefficient (Wildman–Crippen LogP) is 1.04. The third-order valence-corrected chi connectivity index (χ3v) is 4.14. The second-order valence-corrected chi connectivity index (χ2v) is 5.71. The summed E-state index contributed by atoms with van der Waals surface area (Å²) in [4.78, 5) is 25.3. The van der Waals surface area contributed by atoms with Gasteiger partial charge in [0.05, 0.1) is 18.9 Å². The summed E-state index contributed by atoms with van der Waals surface area (Å²) in [6.45, 7) is 1.39. The standard InChI is InChI=1S/C16H20N2O3/c1-18-14-5-4-11(7-12(14)9-16(18)20)8-15(19)17-10-13-3-2-6-21-13/h4-5,7,13H,2-3,6,8-10H2,1H3,(H,17,19). The fourth-order valence-corrected chi connectivity index (χ4v) is 2.91. The van der Waals surface area contributed by atoms with Crippen molar-refractivity contribution in [3.63, 3.8) is 0 Å². The third kappa shape index (κ3) is 3.08. The van der Waals surface area contributed by atoms with Crippen molar-refractivity contribution in [3.05, 3.63) is 29.3 Å². The van der Waals surface area contributed by atoms with Crippen LogP contribution in [0.5, 0.6) is 0 Å². The Morgan fingerprint density at radius 3 is 3.10 bits per heavy atom. The van der Waals surface area contributed by atoms with Gasteiger partial charge in [0.2, 0.25) is 11.8 Å². The van der Waals surface area contributed by atoms with Gasteiger partial charge in [0, 0.05) is 25.9 Å². The second-order valence-electron chi connectivity index (χ2n) is 5.71. The molecule has 5 nitrogen and oxygen atoms in total. The molecule has 1 fully saturated rings. The highest BCUT2D eigenvalue weighted by molar-refractivity contribution is 6.01. The van der Waals surface area contributed by atoms with Crippen LogP contribution in [0.3, 0.4) is 0 Å². The van der Waals surface area contributed by atoms with E-state index in [4.69, 9.17) is 4.74 Å². The van der Waals surface area contributed by atoms with Crippen molar-refractivity contribution in [2.45, 2.75) is 31.8 Å².